The summed E-state index contributed by atoms with van der Waals surface area (Å²) in [6.45, 7) is 2.71. The standard InChI is InChI=1S/C11H12O3.Li/c1-11(5-6-14-11)9-4-2-3-8(7-9)10(12)13;/h2-4,7H,5-6H2,1H3,(H,12,13);/q;+1/p-1. The molecule has 1 unspecified atom stereocenters. The molecule has 0 N–H and O–H groups in total. The monoisotopic (exact) mass is 198 g/mol. The van der Waals surface area contributed by atoms with Gasteiger partial charge in [0.05, 0.1) is 18.2 Å². The zero-order valence-corrected chi connectivity index (χ0v) is 8.95. The quantitative estimate of drug-likeness (QED) is 0.502. The van der Waals surface area contributed by atoms with Gasteiger partial charge in [-0.2, -0.15) is 0 Å². The van der Waals surface area contributed by atoms with Crippen LogP contribution >= 0.6 is 0 Å². The Bertz CT molecular complexity index is 372. The molecule has 3 nitrogen and oxygen atoms in total. The first-order valence-corrected chi connectivity index (χ1v) is 4.58. The minimum atomic E-state index is -1.14. The summed E-state index contributed by atoms with van der Waals surface area (Å²) in [5, 5.41) is 10.6. The van der Waals surface area contributed by atoms with Crippen molar-refractivity contribution < 1.29 is 33.5 Å². The van der Waals surface area contributed by atoms with Crippen LogP contribution in [0.1, 0.15) is 29.3 Å². The van der Waals surface area contributed by atoms with Gasteiger partial charge in [-0.25, -0.2) is 0 Å². The Morgan fingerprint density at radius 2 is 2.20 bits per heavy atom. The molecule has 0 spiro atoms. The minimum Gasteiger partial charge on any atom is -0.545 e. The third kappa shape index (κ3) is 2.26. The van der Waals surface area contributed by atoms with Gasteiger partial charge < -0.3 is 14.6 Å². The predicted molar refractivity (Wildman–Crippen MR) is 48.7 cm³/mol. The SMILES string of the molecule is CC1(c2cccc(C(=O)[O-])c2)CCO1.[Li+]. The molecule has 2 rings (SSSR count). The van der Waals surface area contributed by atoms with E-state index in [9.17, 15) is 9.90 Å². The zero-order valence-electron chi connectivity index (χ0n) is 8.95. The van der Waals surface area contributed by atoms with E-state index < -0.39 is 5.97 Å². The first kappa shape index (κ1) is 12.3. The van der Waals surface area contributed by atoms with Gasteiger partial charge in [0.25, 0.3) is 0 Å². The number of ether oxygens (including phenoxy) is 1. The average Bonchev–Trinajstić information content (AvgIpc) is 2.14. The van der Waals surface area contributed by atoms with E-state index in [1.165, 1.54) is 6.07 Å². The molecule has 1 saturated heterocycles. The molecule has 1 atom stereocenters. The summed E-state index contributed by atoms with van der Waals surface area (Å²) in [4.78, 5) is 10.6. The number of carboxylic acid groups (broad SMARTS) is 1. The summed E-state index contributed by atoms with van der Waals surface area (Å²) < 4.78 is 5.43. The van der Waals surface area contributed by atoms with E-state index in [-0.39, 0.29) is 30.0 Å². The molecule has 0 radical (unpaired) electrons. The van der Waals surface area contributed by atoms with Crippen molar-refractivity contribution in [1.82, 2.24) is 0 Å². The largest absolute Gasteiger partial charge is 1.00 e. The van der Waals surface area contributed by atoms with Gasteiger partial charge in [-0.3, -0.25) is 0 Å². The van der Waals surface area contributed by atoms with Crippen molar-refractivity contribution in [2.24, 2.45) is 0 Å². The van der Waals surface area contributed by atoms with Crippen molar-refractivity contribution in [2.45, 2.75) is 18.9 Å². The van der Waals surface area contributed by atoms with E-state index in [1.807, 2.05) is 13.0 Å². The minimum absolute atomic E-state index is 0. The van der Waals surface area contributed by atoms with Crippen LogP contribution in [0.4, 0.5) is 0 Å². The normalized spacial score (nSPS) is 23.8. The molecule has 0 aromatic heterocycles. The number of benzene rings is 1. The van der Waals surface area contributed by atoms with Crippen molar-refractivity contribution in [3.8, 4) is 0 Å². The van der Waals surface area contributed by atoms with E-state index in [2.05, 4.69) is 0 Å². The van der Waals surface area contributed by atoms with Crippen LogP contribution in [-0.2, 0) is 10.3 Å². The fourth-order valence-electron chi connectivity index (χ4n) is 1.61. The summed E-state index contributed by atoms with van der Waals surface area (Å²) >= 11 is 0. The van der Waals surface area contributed by atoms with Crippen LogP contribution in [0.5, 0.6) is 0 Å². The fraction of sp³-hybridized carbons (Fsp3) is 0.364. The van der Waals surface area contributed by atoms with Gasteiger partial charge in [-0.05, 0) is 24.1 Å². The van der Waals surface area contributed by atoms with Crippen LogP contribution in [0, 0.1) is 0 Å². The molecule has 15 heavy (non-hydrogen) atoms. The molecule has 1 heterocycles. The summed E-state index contributed by atoms with van der Waals surface area (Å²) in [5.41, 5.74) is 0.815. The molecule has 0 amide bonds. The number of aromatic carboxylic acids is 1. The molecule has 1 aliphatic heterocycles. The number of carboxylic acids is 1. The van der Waals surface area contributed by atoms with Crippen LogP contribution in [-0.4, -0.2) is 12.6 Å². The molecule has 1 aromatic carbocycles. The molecule has 1 fully saturated rings. The third-order valence-corrected chi connectivity index (χ3v) is 2.71. The summed E-state index contributed by atoms with van der Waals surface area (Å²) in [7, 11) is 0. The maximum absolute atomic E-state index is 10.6. The van der Waals surface area contributed by atoms with Crippen molar-refractivity contribution in [3.63, 3.8) is 0 Å². The number of rotatable bonds is 2. The summed E-state index contributed by atoms with van der Waals surface area (Å²) in [5.74, 6) is -1.14. The number of carbonyl (C=O) groups excluding carboxylic acids is 1. The van der Waals surface area contributed by atoms with Gasteiger partial charge in [-0.1, -0.05) is 18.2 Å². The van der Waals surface area contributed by atoms with Crippen LogP contribution in [0.3, 0.4) is 0 Å². The molecule has 0 aliphatic carbocycles. The van der Waals surface area contributed by atoms with E-state index in [1.54, 1.807) is 12.1 Å². The third-order valence-electron chi connectivity index (χ3n) is 2.71. The fourth-order valence-corrected chi connectivity index (χ4v) is 1.61. The van der Waals surface area contributed by atoms with Gasteiger partial charge >= 0.3 is 18.9 Å². The smallest absolute Gasteiger partial charge is 0.545 e. The van der Waals surface area contributed by atoms with Crippen LogP contribution in [0.15, 0.2) is 24.3 Å². The number of carbonyl (C=O) groups is 1. The van der Waals surface area contributed by atoms with Gasteiger partial charge in [0.1, 0.15) is 0 Å². The van der Waals surface area contributed by atoms with Crippen LogP contribution in [0.2, 0.25) is 0 Å². The molecule has 1 aromatic rings. The second-order valence-electron chi connectivity index (χ2n) is 3.70. The molecule has 0 saturated carbocycles. The molecule has 4 heteroatoms. The first-order valence-electron chi connectivity index (χ1n) is 4.58. The van der Waals surface area contributed by atoms with E-state index in [0.29, 0.717) is 0 Å². The number of hydrogen-bond acceptors (Lipinski definition) is 3. The van der Waals surface area contributed by atoms with Crippen LogP contribution in [0.25, 0.3) is 0 Å². The van der Waals surface area contributed by atoms with Crippen LogP contribution < -0.4 is 24.0 Å². The Balaban J connectivity index is 0.00000112. The summed E-state index contributed by atoms with van der Waals surface area (Å²) in [6, 6.07) is 6.74. The van der Waals surface area contributed by atoms with Gasteiger partial charge in [0.2, 0.25) is 0 Å². The van der Waals surface area contributed by atoms with Crippen molar-refractivity contribution in [1.29, 1.82) is 0 Å². The number of hydrogen-bond donors (Lipinski definition) is 0. The maximum atomic E-state index is 10.6. The van der Waals surface area contributed by atoms with E-state index >= 15 is 0 Å². The Hall–Kier alpha value is -0.753. The molecular formula is C11H11LiO3. The Morgan fingerprint density at radius 3 is 2.67 bits per heavy atom. The Morgan fingerprint density at radius 1 is 1.53 bits per heavy atom. The average molecular weight is 198 g/mol. The first-order chi connectivity index (χ1) is 6.62. The molecular weight excluding hydrogens is 187 g/mol. The molecule has 0 bridgehead atoms. The van der Waals surface area contributed by atoms with Crippen molar-refractivity contribution in [2.75, 3.05) is 6.61 Å². The zero-order chi connectivity index (χ0) is 10.2. The predicted octanol–water partition coefficient (Wildman–Crippen LogP) is -2.31. The maximum Gasteiger partial charge on any atom is 1.00 e. The van der Waals surface area contributed by atoms with Gasteiger partial charge in [0.15, 0.2) is 0 Å². The second kappa shape index (κ2) is 4.40. The Labute approximate surface area is 101 Å². The van der Waals surface area contributed by atoms with Gasteiger partial charge in [-0.15, -0.1) is 0 Å². The van der Waals surface area contributed by atoms with Crippen molar-refractivity contribution in [3.05, 3.63) is 35.4 Å². The molecule has 1 aliphatic rings. The summed E-state index contributed by atoms with van der Waals surface area (Å²) in [6.07, 6.45) is 0.934. The molecule has 74 valence electrons. The van der Waals surface area contributed by atoms with E-state index in [0.717, 1.165) is 18.6 Å². The second-order valence-corrected chi connectivity index (χ2v) is 3.70. The Kier molecular flexibility index (Phi) is 3.61. The van der Waals surface area contributed by atoms with E-state index in [4.69, 9.17) is 4.74 Å². The van der Waals surface area contributed by atoms with Crippen molar-refractivity contribution >= 4 is 5.97 Å². The van der Waals surface area contributed by atoms with Gasteiger partial charge in [0, 0.05) is 6.42 Å². The topological polar surface area (TPSA) is 49.4 Å².